The van der Waals surface area contributed by atoms with Crippen molar-refractivity contribution in [2.24, 2.45) is 0 Å². The first kappa shape index (κ1) is 16.9. The number of rotatable bonds is 5. The van der Waals surface area contributed by atoms with Crippen LogP contribution in [0.1, 0.15) is 25.7 Å². The van der Waals surface area contributed by atoms with Crippen LogP contribution in [0, 0.1) is 11.3 Å². The molecule has 0 aromatic heterocycles. The fourth-order valence-electron chi connectivity index (χ4n) is 3.74. The monoisotopic (exact) mass is 326 g/mol. The van der Waals surface area contributed by atoms with Gasteiger partial charge in [0.1, 0.15) is 0 Å². The minimum absolute atomic E-state index is 0.0280. The first-order chi connectivity index (χ1) is 11.8. The number of unbranched alkanes of at least 4 members (excludes halogenated alkanes) is 1. The number of carbonyl (C=O) groups excluding carboxylic acids is 1. The maximum atomic E-state index is 13.0. The smallest absolute Gasteiger partial charge is 0.244 e. The SMILES string of the molecule is N#CCCCN1CCN([C@H]2CCCN(c3ccccc3)C2=O)CC1. The lowest BCUT2D eigenvalue weighted by molar-refractivity contribution is -0.126. The van der Waals surface area contributed by atoms with E-state index in [9.17, 15) is 4.79 Å². The highest BCUT2D eigenvalue weighted by atomic mass is 16.2. The average molecular weight is 326 g/mol. The Bertz CT molecular complexity index is 575. The van der Waals surface area contributed by atoms with Crippen LogP contribution < -0.4 is 4.90 Å². The number of piperazine rings is 1. The molecule has 1 aromatic carbocycles. The van der Waals surface area contributed by atoms with E-state index in [1.54, 1.807) is 0 Å². The molecule has 0 spiro atoms. The Morgan fingerprint density at radius 1 is 1.08 bits per heavy atom. The third-order valence-electron chi connectivity index (χ3n) is 5.09. The van der Waals surface area contributed by atoms with Gasteiger partial charge in [0.05, 0.1) is 12.1 Å². The van der Waals surface area contributed by atoms with Crippen LogP contribution in [0.2, 0.25) is 0 Å². The van der Waals surface area contributed by atoms with Crippen molar-refractivity contribution >= 4 is 11.6 Å². The van der Waals surface area contributed by atoms with Crippen LogP contribution in [-0.2, 0) is 4.79 Å². The van der Waals surface area contributed by atoms with Crippen LogP contribution >= 0.6 is 0 Å². The van der Waals surface area contributed by atoms with Gasteiger partial charge in [-0.1, -0.05) is 18.2 Å². The standard InChI is InChI=1S/C19H26N4O/c20-10-4-5-11-21-13-15-22(16-14-21)18-9-6-12-23(19(18)24)17-7-2-1-3-8-17/h1-3,7-8,18H,4-6,9,11-16H2/t18-/m0/s1. The molecule has 3 rings (SSSR count). The minimum atomic E-state index is 0.0280. The van der Waals surface area contributed by atoms with Gasteiger partial charge < -0.3 is 9.80 Å². The summed E-state index contributed by atoms with van der Waals surface area (Å²) in [4.78, 5) is 19.7. The van der Waals surface area contributed by atoms with Gasteiger partial charge >= 0.3 is 0 Å². The van der Waals surface area contributed by atoms with E-state index in [4.69, 9.17) is 5.26 Å². The lowest BCUT2D eigenvalue weighted by atomic mass is 10.0. The van der Waals surface area contributed by atoms with E-state index in [-0.39, 0.29) is 11.9 Å². The van der Waals surface area contributed by atoms with Crippen LogP contribution in [0.3, 0.4) is 0 Å². The molecule has 2 aliphatic rings. The topological polar surface area (TPSA) is 50.6 Å². The Hall–Kier alpha value is -1.90. The average Bonchev–Trinajstić information content (AvgIpc) is 2.64. The fraction of sp³-hybridized carbons (Fsp3) is 0.579. The Labute approximate surface area is 144 Å². The van der Waals surface area contributed by atoms with E-state index in [1.165, 1.54) is 0 Å². The van der Waals surface area contributed by atoms with E-state index in [0.29, 0.717) is 6.42 Å². The maximum Gasteiger partial charge on any atom is 0.244 e. The predicted octanol–water partition coefficient (Wildman–Crippen LogP) is 2.10. The molecule has 2 heterocycles. The van der Waals surface area contributed by atoms with Crippen LogP contribution in [0.15, 0.2) is 30.3 Å². The fourth-order valence-corrected chi connectivity index (χ4v) is 3.74. The summed E-state index contributed by atoms with van der Waals surface area (Å²) < 4.78 is 0. The van der Waals surface area contributed by atoms with Gasteiger partial charge in [0.15, 0.2) is 0 Å². The molecule has 0 radical (unpaired) electrons. The van der Waals surface area contributed by atoms with Crippen LogP contribution in [-0.4, -0.2) is 61.0 Å². The third kappa shape index (κ3) is 3.95. The van der Waals surface area contributed by atoms with E-state index in [1.807, 2.05) is 35.2 Å². The number of carbonyl (C=O) groups is 1. The van der Waals surface area contributed by atoms with Gasteiger partial charge in [-0.3, -0.25) is 9.69 Å². The van der Waals surface area contributed by atoms with E-state index in [0.717, 1.165) is 64.2 Å². The minimum Gasteiger partial charge on any atom is -0.311 e. The van der Waals surface area contributed by atoms with E-state index < -0.39 is 0 Å². The summed E-state index contributed by atoms with van der Waals surface area (Å²) in [5.74, 6) is 0.255. The normalized spacial score (nSPS) is 23.2. The maximum absolute atomic E-state index is 13.0. The lowest BCUT2D eigenvalue weighted by Gasteiger charge is -2.42. The zero-order valence-corrected chi connectivity index (χ0v) is 14.2. The number of nitriles is 1. The van der Waals surface area contributed by atoms with Gasteiger partial charge in [0.2, 0.25) is 5.91 Å². The molecule has 0 N–H and O–H groups in total. The van der Waals surface area contributed by atoms with Crippen molar-refractivity contribution in [3.05, 3.63) is 30.3 Å². The van der Waals surface area contributed by atoms with Gasteiger partial charge in [-0.25, -0.2) is 0 Å². The quantitative estimate of drug-likeness (QED) is 0.778. The van der Waals surface area contributed by atoms with Gasteiger partial charge in [-0.05, 0) is 37.9 Å². The first-order valence-corrected chi connectivity index (χ1v) is 8.99. The molecule has 5 heteroatoms. The number of amides is 1. The summed E-state index contributed by atoms with van der Waals surface area (Å²) in [5.41, 5.74) is 1.02. The summed E-state index contributed by atoms with van der Waals surface area (Å²) >= 11 is 0. The van der Waals surface area contributed by atoms with Crippen LogP contribution in [0.4, 0.5) is 5.69 Å². The molecule has 1 aromatic rings. The molecule has 128 valence electrons. The molecule has 2 aliphatic heterocycles. The molecular weight excluding hydrogens is 300 g/mol. The zero-order chi connectivity index (χ0) is 16.8. The largest absolute Gasteiger partial charge is 0.311 e. The van der Waals surface area contributed by atoms with E-state index >= 15 is 0 Å². The van der Waals surface area contributed by atoms with Crippen LogP contribution in [0.5, 0.6) is 0 Å². The summed E-state index contributed by atoms with van der Waals surface area (Å²) in [6, 6.07) is 12.2. The molecule has 0 saturated carbocycles. The number of benzene rings is 1. The molecule has 0 bridgehead atoms. The number of para-hydroxylation sites is 1. The van der Waals surface area contributed by atoms with Crippen LogP contribution in [0.25, 0.3) is 0 Å². The number of piperidine rings is 1. The van der Waals surface area contributed by atoms with Gasteiger partial charge in [0.25, 0.3) is 0 Å². The predicted molar refractivity (Wildman–Crippen MR) is 94.7 cm³/mol. The second kappa shape index (κ2) is 8.27. The number of anilines is 1. The third-order valence-corrected chi connectivity index (χ3v) is 5.09. The second-order valence-electron chi connectivity index (χ2n) is 6.62. The van der Waals surface area contributed by atoms with Crippen molar-refractivity contribution < 1.29 is 4.79 Å². The van der Waals surface area contributed by atoms with Crippen molar-refractivity contribution in [1.82, 2.24) is 9.80 Å². The van der Waals surface area contributed by atoms with Gasteiger partial charge in [-0.15, -0.1) is 0 Å². The number of hydrogen-bond donors (Lipinski definition) is 0. The molecule has 24 heavy (non-hydrogen) atoms. The van der Waals surface area contributed by atoms with Crippen molar-refractivity contribution in [3.8, 4) is 6.07 Å². The summed E-state index contributed by atoms with van der Waals surface area (Å²) in [5, 5.41) is 8.64. The Balaban J connectivity index is 1.56. The molecule has 1 amide bonds. The highest BCUT2D eigenvalue weighted by Gasteiger charge is 2.35. The lowest BCUT2D eigenvalue weighted by Crippen LogP contribution is -2.57. The van der Waals surface area contributed by atoms with Crippen molar-refractivity contribution in [1.29, 1.82) is 5.26 Å². The van der Waals surface area contributed by atoms with Crippen molar-refractivity contribution in [2.75, 3.05) is 44.2 Å². The summed E-state index contributed by atoms with van der Waals surface area (Å²) in [6.45, 7) is 5.72. The molecule has 2 fully saturated rings. The Kier molecular flexibility index (Phi) is 5.84. The Morgan fingerprint density at radius 3 is 2.54 bits per heavy atom. The highest BCUT2D eigenvalue weighted by Crippen LogP contribution is 2.24. The number of nitrogens with zero attached hydrogens (tertiary/aromatic N) is 4. The number of hydrogen-bond acceptors (Lipinski definition) is 4. The summed E-state index contributed by atoms with van der Waals surface area (Å²) in [6.07, 6.45) is 3.61. The molecule has 2 saturated heterocycles. The molecule has 0 unspecified atom stereocenters. The van der Waals surface area contributed by atoms with E-state index in [2.05, 4.69) is 15.9 Å². The molecular formula is C19H26N4O. The molecule has 0 aliphatic carbocycles. The van der Waals surface area contributed by atoms with Gasteiger partial charge in [-0.2, -0.15) is 5.26 Å². The second-order valence-corrected chi connectivity index (χ2v) is 6.62. The molecule has 5 nitrogen and oxygen atoms in total. The highest BCUT2D eigenvalue weighted by molar-refractivity contribution is 5.97. The molecule has 1 atom stereocenters. The summed E-state index contributed by atoms with van der Waals surface area (Å²) in [7, 11) is 0. The van der Waals surface area contributed by atoms with Crippen molar-refractivity contribution in [2.45, 2.75) is 31.7 Å². The van der Waals surface area contributed by atoms with Crippen molar-refractivity contribution in [3.63, 3.8) is 0 Å². The van der Waals surface area contributed by atoms with Gasteiger partial charge in [0, 0.05) is 44.8 Å². The first-order valence-electron chi connectivity index (χ1n) is 8.99. The zero-order valence-electron chi connectivity index (χ0n) is 14.2. The Morgan fingerprint density at radius 2 is 1.83 bits per heavy atom.